The number of nitrogens with one attached hydrogen (secondary N) is 1. The standard InChI is InChI=1S/C24H24N6/c1-15-24(28-29-27-15)17-9-10-25-22(11-17)23-13-30(14-26-23)12-18-7-8-21-19(16-5-6-16)3-2-4-20(18)21/h2-4,9-11,13-14,16,18H,5-8,12H2,1H3,(H,27,28,29)/t18-/m1/s1. The first-order valence-corrected chi connectivity index (χ1v) is 10.7. The van der Waals surface area contributed by atoms with Crippen molar-refractivity contribution < 1.29 is 0 Å². The van der Waals surface area contributed by atoms with Crippen LogP contribution in [0.2, 0.25) is 0 Å². The van der Waals surface area contributed by atoms with Gasteiger partial charge in [0.15, 0.2) is 0 Å². The smallest absolute Gasteiger partial charge is 0.115 e. The molecule has 30 heavy (non-hydrogen) atoms. The van der Waals surface area contributed by atoms with Crippen LogP contribution in [0, 0.1) is 6.92 Å². The first kappa shape index (κ1) is 17.6. The van der Waals surface area contributed by atoms with Gasteiger partial charge < -0.3 is 4.57 Å². The Morgan fingerprint density at radius 1 is 1.07 bits per heavy atom. The molecule has 2 aliphatic carbocycles. The van der Waals surface area contributed by atoms with Crippen LogP contribution in [0.5, 0.6) is 0 Å². The van der Waals surface area contributed by atoms with Crippen LogP contribution >= 0.6 is 0 Å². The van der Waals surface area contributed by atoms with Gasteiger partial charge in [0.05, 0.1) is 17.7 Å². The number of aromatic nitrogens is 6. The van der Waals surface area contributed by atoms with Gasteiger partial charge in [-0.25, -0.2) is 4.98 Å². The molecular weight excluding hydrogens is 372 g/mol. The molecule has 0 amide bonds. The van der Waals surface area contributed by atoms with Crippen LogP contribution in [0.15, 0.2) is 49.1 Å². The maximum atomic E-state index is 4.64. The first-order chi connectivity index (χ1) is 14.8. The van der Waals surface area contributed by atoms with Crippen LogP contribution in [0.3, 0.4) is 0 Å². The fourth-order valence-electron chi connectivity index (χ4n) is 4.85. The summed E-state index contributed by atoms with van der Waals surface area (Å²) in [6.45, 7) is 2.94. The molecule has 3 aromatic heterocycles. The minimum absolute atomic E-state index is 0.567. The Morgan fingerprint density at radius 3 is 2.80 bits per heavy atom. The number of benzene rings is 1. The largest absolute Gasteiger partial charge is 0.336 e. The van der Waals surface area contributed by atoms with E-state index in [2.05, 4.69) is 54.3 Å². The molecule has 0 saturated heterocycles. The Labute approximate surface area is 175 Å². The summed E-state index contributed by atoms with van der Waals surface area (Å²) in [6, 6.07) is 10.9. The highest BCUT2D eigenvalue weighted by Crippen LogP contribution is 2.46. The number of rotatable bonds is 5. The Hall–Kier alpha value is -3.28. The van der Waals surface area contributed by atoms with Crippen LogP contribution in [0.1, 0.15) is 53.5 Å². The molecule has 0 bridgehead atoms. The molecule has 1 atom stereocenters. The predicted octanol–water partition coefficient (Wildman–Crippen LogP) is 4.65. The number of hydrogen-bond acceptors (Lipinski definition) is 4. The number of nitrogens with zero attached hydrogens (tertiary/aromatic N) is 5. The third-order valence-electron chi connectivity index (χ3n) is 6.53. The predicted molar refractivity (Wildman–Crippen MR) is 115 cm³/mol. The summed E-state index contributed by atoms with van der Waals surface area (Å²) in [6.07, 6.45) is 11.0. The van der Waals surface area contributed by atoms with E-state index in [1.54, 1.807) is 16.7 Å². The molecule has 1 fully saturated rings. The van der Waals surface area contributed by atoms with Crippen LogP contribution in [-0.2, 0) is 13.0 Å². The van der Waals surface area contributed by atoms with E-state index in [0.717, 1.165) is 40.8 Å². The molecule has 0 unspecified atom stereocenters. The van der Waals surface area contributed by atoms with Crippen molar-refractivity contribution >= 4 is 0 Å². The number of pyridine rings is 1. The van der Waals surface area contributed by atoms with Gasteiger partial charge in [-0.3, -0.25) is 10.1 Å². The summed E-state index contributed by atoms with van der Waals surface area (Å²) in [7, 11) is 0. The lowest BCUT2D eigenvalue weighted by atomic mass is 9.96. The van der Waals surface area contributed by atoms with Crippen molar-refractivity contribution in [2.75, 3.05) is 0 Å². The summed E-state index contributed by atoms with van der Waals surface area (Å²) in [5.41, 5.74) is 9.34. The molecular formula is C24H24N6. The second-order valence-electron chi connectivity index (χ2n) is 8.60. The maximum Gasteiger partial charge on any atom is 0.115 e. The van der Waals surface area contributed by atoms with Gasteiger partial charge in [0.25, 0.3) is 0 Å². The molecule has 2 aliphatic rings. The van der Waals surface area contributed by atoms with Crippen molar-refractivity contribution in [3.8, 4) is 22.6 Å². The van der Waals surface area contributed by atoms with Crippen LogP contribution in [-0.4, -0.2) is 29.9 Å². The average Bonchev–Trinajstić information content (AvgIpc) is 3.15. The van der Waals surface area contributed by atoms with E-state index in [1.807, 2.05) is 31.6 Å². The number of aromatic amines is 1. The van der Waals surface area contributed by atoms with E-state index in [0.29, 0.717) is 5.92 Å². The van der Waals surface area contributed by atoms with Gasteiger partial charge in [-0.1, -0.05) is 23.4 Å². The number of fused-ring (bicyclic) bond motifs is 1. The van der Waals surface area contributed by atoms with Gasteiger partial charge in [0.1, 0.15) is 11.4 Å². The van der Waals surface area contributed by atoms with Crippen molar-refractivity contribution in [1.82, 2.24) is 29.9 Å². The number of H-pyrrole nitrogens is 1. The summed E-state index contributed by atoms with van der Waals surface area (Å²) in [5, 5.41) is 11.0. The number of hydrogen-bond donors (Lipinski definition) is 1. The molecule has 0 aliphatic heterocycles. The van der Waals surface area contributed by atoms with Crippen molar-refractivity contribution in [2.45, 2.75) is 51.0 Å². The summed E-state index contributed by atoms with van der Waals surface area (Å²) in [5.74, 6) is 1.39. The average molecular weight is 396 g/mol. The van der Waals surface area contributed by atoms with E-state index >= 15 is 0 Å². The summed E-state index contributed by atoms with van der Waals surface area (Å²) in [4.78, 5) is 9.18. The molecule has 3 heterocycles. The van der Waals surface area contributed by atoms with Crippen LogP contribution in [0.4, 0.5) is 0 Å². The van der Waals surface area contributed by atoms with Gasteiger partial charge in [-0.15, -0.1) is 5.10 Å². The second kappa shape index (κ2) is 6.90. The zero-order valence-electron chi connectivity index (χ0n) is 17.0. The second-order valence-corrected chi connectivity index (χ2v) is 8.60. The van der Waals surface area contributed by atoms with Gasteiger partial charge in [0, 0.05) is 30.4 Å². The minimum atomic E-state index is 0.567. The molecule has 6 rings (SSSR count). The monoisotopic (exact) mass is 396 g/mol. The molecule has 0 radical (unpaired) electrons. The van der Waals surface area contributed by atoms with Gasteiger partial charge in [-0.2, -0.15) is 0 Å². The number of imidazole rings is 1. The third-order valence-corrected chi connectivity index (χ3v) is 6.53. The molecule has 150 valence electrons. The Bertz CT molecular complexity index is 1220. The molecule has 1 saturated carbocycles. The van der Waals surface area contributed by atoms with E-state index in [-0.39, 0.29) is 0 Å². The van der Waals surface area contributed by atoms with Crippen LogP contribution < -0.4 is 0 Å². The van der Waals surface area contributed by atoms with Gasteiger partial charge in [-0.05, 0) is 67.3 Å². The highest BCUT2D eigenvalue weighted by Gasteiger charge is 2.31. The number of aryl methyl sites for hydroxylation is 1. The fraction of sp³-hybridized carbons (Fsp3) is 0.333. The van der Waals surface area contributed by atoms with Crippen molar-refractivity contribution in [1.29, 1.82) is 0 Å². The van der Waals surface area contributed by atoms with E-state index < -0.39 is 0 Å². The molecule has 4 aromatic rings. The third kappa shape index (κ3) is 3.03. The molecule has 1 N–H and O–H groups in total. The quantitative estimate of drug-likeness (QED) is 0.533. The highest BCUT2D eigenvalue weighted by molar-refractivity contribution is 5.67. The normalized spacial score (nSPS) is 18.0. The first-order valence-electron chi connectivity index (χ1n) is 10.7. The van der Waals surface area contributed by atoms with Gasteiger partial charge >= 0.3 is 0 Å². The topological polar surface area (TPSA) is 72.3 Å². The van der Waals surface area contributed by atoms with Crippen molar-refractivity contribution in [3.63, 3.8) is 0 Å². The van der Waals surface area contributed by atoms with Crippen molar-refractivity contribution in [2.24, 2.45) is 0 Å². The van der Waals surface area contributed by atoms with Crippen molar-refractivity contribution in [3.05, 3.63) is 71.4 Å². The molecule has 6 heteroatoms. The lowest BCUT2D eigenvalue weighted by molar-refractivity contribution is 0.555. The zero-order valence-corrected chi connectivity index (χ0v) is 17.0. The lowest BCUT2D eigenvalue weighted by Crippen LogP contribution is -2.05. The maximum absolute atomic E-state index is 4.64. The van der Waals surface area contributed by atoms with Gasteiger partial charge in [0.2, 0.25) is 0 Å². The van der Waals surface area contributed by atoms with Crippen LogP contribution in [0.25, 0.3) is 22.6 Å². The lowest BCUT2D eigenvalue weighted by Gasteiger charge is -2.13. The summed E-state index contributed by atoms with van der Waals surface area (Å²) < 4.78 is 2.22. The molecule has 1 aromatic carbocycles. The minimum Gasteiger partial charge on any atom is -0.336 e. The fourth-order valence-corrected chi connectivity index (χ4v) is 4.85. The molecule has 6 nitrogen and oxygen atoms in total. The highest BCUT2D eigenvalue weighted by atomic mass is 15.3. The Morgan fingerprint density at radius 2 is 1.97 bits per heavy atom. The Balaban J connectivity index is 1.25. The Kier molecular flexibility index (Phi) is 4.04. The molecule has 0 spiro atoms. The van der Waals surface area contributed by atoms with E-state index in [1.165, 1.54) is 25.7 Å². The van der Waals surface area contributed by atoms with E-state index in [4.69, 9.17) is 0 Å². The zero-order chi connectivity index (χ0) is 20.1. The summed E-state index contributed by atoms with van der Waals surface area (Å²) >= 11 is 0. The van der Waals surface area contributed by atoms with E-state index in [9.17, 15) is 0 Å². The SMILES string of the molecule is Cc1[nH]nnc1-c1ccnc(-c2cn(C[C@H]3CCc4c(C5CC5)cccc43)cn2)c1.